The van der Waals surface area contributed by atoms with Crippen LogP contribution in [0.5, 0.6) is 0 Å². The highest BCUT2D eigenvalue weighted by Crippen LogP contribution is 2.43. The zero-order valence-corrected chi connectivity index (χ0v) is 44.9. The fourth-order valence-corrected chi connectivity index (χ4v) is 12.2. The van der Waals surface area contributed by atoms with Gasteiger partial charge in [-0.1, -0.05) is 106 Å². The SMILES string of the molecule is [B]c1cc(-c2c([B])c([B])c([B])c([B])c2-c2cc([B])c(N(c3cc([B])c(-c4c([B])c([B])c([B])c([B])c4[B])c([B])c3)c3cc([B])c4sc5c(-c6c([B])c([B])c([B])c([B])c6[B])c6cc([B])c([B])c([B])c6c([B])c5c4c3[B])c([B])c2[B])c([B])c([B])c1[B]. The minimum absolute atomic E-state index is 0.00493. The molecule has 312 valence electrons. The Morgan fingerprint density at radius 1 is 0.229 bits per heavy atom. The van der Waals surface area contributed by atoms with Gasteiger partial charge in [0.05, 0.1) is 0 Å². The summed E-state index contributed by atoms with van der Waals surface area (Å²) in [7, 11) is 195. The molecule has 0 bridgehead atoms. The fourth-order valence-electron chi connectivity index (χ4n) is 10.9. The van der Waals surface area contributed by atoms with Crippen molar-refractivity contribution in [2.24, 2.45) is 0 Å². The lowest BCUT2D eigenvalue weighted by molar-refractivity contribution is 1.33. The van der Waals surface area contributed by atoms with Crippen molar-refractivity contribution >= 4 is 445 Å². The molecule has 1 aromatic heterocycles. The van der Waals surface area contributed by atoms with E-state index in [2.05, 4.69) is 0 Å². The molecule has 10 rings (SSSR count). The Bertz CT molecular complexity index is 4550. The quantitative estimate of drug-likeness (QED) is 0.144. The molecule has 0 amide bonds. The van der Waals surface area contributed by atoms with Crippen LogP contribution in [0.15, 0.2) is 36.4 Å². The van der Waals surface area contributed by atoms with E-state index in [0.717, 1.165) is 11.3 Å². The summed E-state index contributed by atoms with van der Waals surface area (Å²) in [6.07, 6.45) is 0. The molecule has 0 N–H and O–H groups in total. The largest absolute Gasteiger partial charge is 0.312 e. The van der Waals surface area contributed by atoms with Crippen molar-refractivity contribution in [3.05, 3.63) is 36.4 Å². The molecular formula is C52H6B29NS. The second-order valence-electron chi connectivity index (χ2n) is 20.0. The van der Waals surface area contributed by atoms with Gasteiger partial charge in [0, 0.05) is 32.0 Å². The monoisotopic (exact) mass is 995 g/mol. The van der Waals surface area contributed by atoms with E-state index in [1.54, 1.807) is 12.1 Å². The summed E-state index contributed by atoms with van der Waals surface area (Å²) in [5.74, 6) is 0. The van der Waals surface area contributed by atoms with Crippen LogP contribution in [0.2, 0.25) is 0 Å². The Hall–Kier alpha value is -4.86. The molecule has 10 aromatic rings. The lowest BCUT2D eigenvalue weighted by atomic mass is 9.58. The number of nitrogens with zero attached hydrogens (tertiary/aromatic N) is 1. The predicted octanol–water partition coefficient (Wildman–Crippen LogP) is -19.6. The molecule has 0 unspecified atom stereocenters. The Balaban J connectivity index is 1.36. The maximum absolute atomic E-state index is 7.57. The molecular weight excluding hydrogens is 984 g/mol. The highest BCUT2D eigenvalue weighted by atomic mass is 32.1. The van der Waals surface area contributed by atoms with E-state index in [9.17, 15) is 0 Å². The van der Waals surface area contributed by atoms with Crippen LogP contribution in [0.4, 0.5) is 17.1 Å². The third-order valence-electron chi connectivity index (χ3n) is 15.4. The Kier molecular flexibility index (Phi) is 16.1. The molecule has 0 saturated heterocycles. The third-order valence-corrected chi connectivity index (χ3v) is 16.6. The third kappa shape index (κ3) is 9.07. The summed E-state index contributed by atoms with van der Waals surface area (Å²) in [5.41, 5.74) is 0.207. The van der Waals surface area contributed by atoms with E-state index in [0.29, 0.717) is 25.7 Å². The van der Waals surface area contributed by atoms with E-state index in [-0.39, 0.29) is 225 Å². The molecule has 0 aliphatic carbocycles. The minimum atomic E-state index is -0.205. The first-order valence-electron chi connectivity index (χ1n) is 24.4. The van der Waals surface area contributed by atoms with Gasteiger partial charge in [0.1, 0.15) is 228 Å². The summed E-state index contributed by atoms with van der Waals surface area (Å²) < 4.78 is 0.818. The Morgan fingerprint density at radius 3 is 1.08 bits per heavy atom. The van der Waals surface area contributed by atoms with Crippen molar-refractivity contribution in [3.63, 3.8) is 0 Å². The van der Waals surface area contributed by atoms with Gasteiger partial charge in [0.15, 0.2) is 0 Å². The van der Waals surface area contributed by atoms with Gasteiger partial charge in [-0.3, -0.25) is 0 Å². The van der Waals surface area contributed by atoms with Gasteiger partial charge in [0.25, 0.3) is 0 Å². The van der Waals surface area contributed by atoms with Crippen LogP contribution in [0.1, 0.15) is 0 Å². The van der Waals surface area contributed by atoms with E-state index < -0.39 is 0 Å². The average molecular weight is 990 g/mol. The van der Waals surface area contributed by atoms with Gasteiger partial charge in [0.2, 0.25) is 0 Å². The molecule has 0 spiro atoms. The van der Waals surface area contributed by atoms with Gasteiger partial charge >= 0.3 is 0 Å². The lowest BCUT2D eigenvalue weighted by Gasteiger charge is -2.35. The molecule has 0 atom stereocenters. The molecule has 83 heavy (non-hydrogen) atoms. The molecule has 9 aromatic carbocycles. The fraction of sp³-hybridized carbons (Fsp3) is 0. The van der Waals surface area contributed by atoms with Gasteiger partial charge in [-0.15, -0.1) is 82.4 Å². The standard InChI is InChI=1S/C52H6B29NS/c53-11-1-7(2-12(54)22(11)24-38(70)45(77)48(80)46(78)39(24)71)82(50-15(57)5-10(28(60)49(50)81)19-18(33(65)41(73)42(74)34(19)66)9-4-14(56)30(62)40(72)27(9)59)17-6-16(58)51-25(31(17)63)26-32(64)21-8(3-13(55)29(61)35(21)67)20(52(26)83-51)23-36(68)43(75)47(79)44(76)37(23)69/h1-6H. The number of fused-ring (bicyclic) bond motifs is 4. The van der Waals surface area contributed by atoms with Crippen molar-refractivity contribution in [1.29, 1.82) is 0 Å². The lowest BCUT2D eigenvalue weighted by Crippen LogP contribution is -2.56. The smallest absolute Gasteiger partial charge is 0.117 e. The number of rotatable bonds is 7. The van der Waals surface area contributed by atoms with Crippen LogP contribution < -0.4 is 163 Å². The number of hydrogen-bond donors (Lipinski definition) is 0. The summed E-state index contributed by atoms with van der Waals surface area (Å²) in [5, 5.41) is 1.16. The molecule has 1 nitrogen and oxygen atoms in total. The van der Waals surface area contributed by atoms with Crippen LogP contribution in [0, 0.1) is 0 Å². The van der Waals surface area contributed by atoms with Crippen LogP contribution in [-0.2, 0) is 0 Å². The number of thiophene rings is 1. The predicted molar refractivity (Wildman–Crippen MR) is 390 cm³/mol. The molecule has 0 aliphatic rings. The van der Waals surface area contributed by atoms with Crippen LogP contribution in [0.25, 0.3) is 75.5 Å². The van der Waals surface area contributed by atoms with Crippen LogP contribution >= 0.6 is 11.3 Å². The van der Waals surface area contributed by atoms with Crippen LogP contribution in [-0.4, -0.2) is 228 Å². The molecule has 1 heterocycles. The summed E-state index contributed by atoms with van der Waals surface area (Å²) in [4.78, 5) is 1.51. The first-order valence-corrected chi connectivity index (χ1v) is 25.2. The zero-order chi connectivity index (χ0) is 61.1. The van der Waals surface area contributed by atoms with Crippen molar-refractivity contribution in [2.45, 2.75) is 0 Å². The maximum Gasteiger partial charge on any atom is 0.117 e. The highest BCUT2D eigenvalue weighted by molar-refractivity contribution is 7.28. The first kappa shape index (κ1) is 61.2. The van der Waals surface area contributed by atoms with Gasteiger partial charge in [-0.05, 0) is 78.7 Å². The minimum Gasteiger partial charge on any atom is -0.312 e. The molecule has 31 heteroatoms. The topological polar surface area (TPSA) is 3.24 Å². The summed E-state index contributed by atoms with van der Waals surface area (Å²) >= 11 is 1.16. The van der Waals surface area contributed by atoms with Crippen molar-refractivity contribution in [2.75, 3.05) is 4.90 Å². The molecule has 0 saturated carbocycles. The molecule has 0 fully saturated rings. The summed E-state index contributed by atoms with van der Waals surface area (Å²) in [6, 6.07) is 9.00. The van der Waals surface area contributed by atoms with Crippen molar-refractivity contribution < 1.29 is 0 Å². The normalized spacial score (nSPS) is 11.6. The second kappa shape index (κ2) is 21.8. The Labute approximate surface area is 527 Å². The van der Waals surface area contributed by atoms with E-state index in [4.69, 9.17) is 228 Å². The number of benzene rings is 9. The van der Waals surface area contributed by atoms with Gasteiger partial charge in [-0.25, -0.2) is 0 Å². The van der Waals surface area contributed by atoms with Crippen molar-refractivity contribution in [1.82, 2.24) is 0 Å². The van der Waals surface area contributed by atoms with E-state index >= 15 is 0 Å². The first-order chi connectivity index (χ1) is 38.8. The number of hydrogen-bond acceptors (Lipinski definition) is 2. The molecule has 58 radical (unpaired) electrons. The van der Waals surface area contributed by atoms with Gasteiger partial charge < -0.3 is 4.90 Å². The van der Waals surface area contributed by atoms with Gasteiger partial charge in [-0.2, -0.15) is 0 Å². The molecule has 0 aliphatic heterocycles. The Morgan fingerprint density at radius 2 is 0.602 bits per heavy atom. The summed E-state index contributed by atoms with van der Waals surface area (Å²) in [6.45, 7) is 0. The second-order valence-corrected chi connectivity index (χ2v) is 21.0. The number of anilines is 3. The van der Waals surface area contributed by atoms with Crippen LogP contribution in [0.3, 0.4) is 0 Å². The average Bonchev–Trinajstić information content (AvgIpc) is 1.84. The van der Waals surface area contributed by atoms with E-state index in [1.807, 2.05) is 0 Å². The zero-order valence-electron chi connectivity index (χ0n) is 44.1. The maximum atomic E-state index is 7.57. The highest BCUT2D eigenvalue weighted by Gasteiger charge is 2.30. The van der Waals surface area contributed by atoms with Crippen molar-refractivity contribution in [3.8, 4) is 44.5 Å². The van der Waals surface area contributed by atoms with E-state index in [1.165, 1.54) is 29.2 Å².